The van der Waals surface area contributed by atoms with Crippen molar-refractivity contribution in [3.05, 3.63) is 30.2 Å². The zero-order valence-corrected chi connectivity index (χ0v) is 10.1. The number of fused-ring (bicyclic) bond motifs is 1. The van der Waals surface area contributed by atoms with Crippen molar-refractivity contribution in [2.45, 2.75) is 32.7 Å². The predicted octanol–water partition coefficient (Wildman–Crippen LogP) is 1.66. The minimum Gasteiger partial charge on any atom is -0.312 e. The summed E-state index contributed by atoms with van der Waals surface area (Å²) in [4.78, 5) is 0. The van der Waals surface area contributed by atoms with Gasteiger partial charge in [-0.25, -0.2) is 0 Å². The molecule has 2 aromatic heterocycles. The van der Waals surface area contributed by atoms with Gasteiger partial charge in [-0.15, -0.1) is 10.2 Å². The number of hydrogen-bond donors (Lipinski definition) is 1. The third-order valence-electron chi connectivity index (χ3n) is 2.39. The molecule has 1 N–H and O–H groups in total. The molecule has 0 radical (unpaired) electrons. The van der Waals surface area contributed by atoms with Crippen molar-refractivity contribution in [2.24, 2.45) is 0 Å². The fraction of sp³-hybridized carbons (Fsp3) is 0.500. The van der Waals surface area contributed by atoms with Crippen LogP contribution in [0.4, 0.5) is 0 Å². The van der Waals surface area contributed by atoms with Crippen LogP contribution in [-0.2, 0) is 6.42 Å². The van der Waals surface area contributed by atoms with E-state index in [1.54, 1.807) is 0 Å². The van der Waals surface area contributed by atoms with E-state index in [0.717, 1.165) is 24.4 Å². The van der Waals surface area contributed by atoms with Crippen LogP contribution in [0.15, 0.2) is 24.4 Å². The average molecular weight is 218 g/mol. The van der Waals surface area contributed by atoms with Gasteiger partial charge < -0.3 is 5.32 Å². The van der Waals surface area contributed by atoms with Gasteiger partial charge in [0.25, 0.3) is 0 Å². The molecule has 0 saturated heterocycles. The molecule has 0 saturated carbocycles. The zero-order valence-electron chi connectivity index (χ0n) is 10.1. The van der Waals surface area contributed by atoms with Crippen LogP contribution in [0.2, 0.25) is 0 Å². The van der Waals surface area contributed by atoms with Crippen LogP contribution >= 0.6 is 0 Å². The normalized spacial score (nSPS) is 12.2. The molecule has 2 heterocycles. The van der Waals surface area contributed by atoms with E-state index < -0.39 is 0 Å². The van der Waals surface area contributed by atoms with Crippen molar-refractivity contribution in [3.8, 4) is 0 Å². The summed E-state index contributed by atoms with van der Waals surface area (Å²) in [5.41, 5.74) is 1.06. The van der Waals surface area contributed by atoms with Gasteiger partial charge in [0.1, 0.15) is 5.82 Å². The molecule has 0 bridgehead atoms. The summed E-state index contributed by atoms with van der Waals surface area (Å²) in [5.74, 6) is 1.01. The molecular formula is C12H18N4. The van der Waals surface area contributed by atoms with Crippen LogP contribution < -0.4 is 5.32 Å². The number of pyridine rings is 1. The molecule has 4 nitrogen and oxygen atoms in total. The number of hydrogen-bond acceptors (Lipinski definition) is 3. The Balaban J connectivity index is 2.05. The van der Waals surface area contributed by atoms with Gasteiger partial charge in [-0.3, -0.25) is 4.40 Å². The number of rotatable bonds is 3. The van der Waals surface area contributed by atoms with E-state index in [1.165, 1.54) is 0 Å². The maximum atomic E-state index is 4.19. The van der Waals surface area contributed by atoms with Crippen LogP contribution in [0.25, 0.3) is 5.65 Å². The van der Waals surface area contributed by atoms with Gasteiger partial charge in [0, 0.05) is 24.7 Å². The van der Waals surface area contributed by atoms with Crippen LogP contribution in [-0.4, -0.2) is 26.7 Å². The summed E-state index contributed by atoms with van der Waals surface area (Å²) < 4.78 is 2.03. The SMILES string of the molecule is CC(C)(C)NCCc1nnc2ccccn12. The standard InChI is InChI=1S/C12H18N4/c1-12(2,3)13-8-7-11-15-14-10-6-4-5-9-16(10)11/h4-6,9,13H,7-8H2,1-3H3. The lowest BCUT2D eigenvalue weighted by atomic mass is 10.1. The number of aromatic nitrogens is 3. The highest BCUT2D eigenvalue weighted by Gasteiger charge is 2.09. The summed E-state index contributed by atoms with van der Waals surface area (Å²) in [6.45, 7) is 7.40. The fourth-order valence-corrected chi connectivity index (χ4v) is 1.61. The first-order valence-electron chi connectivity index (χ1n) is 5.60. The summed E-state index contributed by atoms with van der Waals surface area (Å²) in [5, 5.41) is 11.8. The third kappa shape index (κ3) is 2.58. The van der Waals surface area contributed by atoms with Crippen LogP contribution in [0.1, 0.15) is 26.6 Å². The Morgan fingerprint density at radius 1 is 1.25 bits per heavy atom. The van der Waals surface area contributed by atoms with E-state index in [1.807, 2.05) is 28.8 Å². The Bertz CT molecular complexity index is 467. The number of nitrogens with zero attached hydrogens (tertiary/aromatic N) is 3. The second-order valence-electron chi connectivity index (χ2n) is 4.97. The van der Waals surface area contributed by atoms with Crippen LogP contribution in [0.3, 0.4) is 0 Å². The average Bonchev–Trinajstić information content (AvgIpc) is 2.60. The maximum absolute atomic E-state index is 4.19. The molecule has 0 aliphatic rings. The van der Waals surface area contributed by atoms with Crippen molar-refractivity contribution in [3.63, 3.8) is 0 Å². The lowest BCUT2D eigenvalue weighted by Gasteiger charge is -2.19. The molecule has 0 aromatic carbocycles. The molecule has 0 fully saturated rings. The quantitative estimate of drug-likeness (QED) is 0.852. The molecule has 0 amide bonds. The Hall–Kier alpha value is -1.42. The largest absolute Gasteiger partial charge is 0.312 e. The summed E-state index contributed by atoms with van der Waals surface area (Å²) in [7, 11) is 0. The molecule has 2 rings (SSSR count). The molecule has 0 aliphatic heterocycles. The van der Waals surface area contributed by atoms with Crippen molar-refractivity contribution < 1.29 is 0 Å². The minimum atomic E-state index is 0.153. The predicted molar refractivity (Wildman–Crippen MR) is 64.4 cm³/mol. The van der Waals surface area contributed by atoms with E-state index in [4.69, 9.17) is 0 Å². The Morgan fingerprint density at radius 2 is 2.06 bits per heavy atom. The van der Waals surface area contributed by atoms with E-state index in [0.29, 0.717) is 0 Å². The van der Waals surface area contributed by atoms with Crippen molar-refractivity contribution in [2.75, 3.05) is 6.54 Å². The Kier molecular flexibility index (Phi) is 2.92. The highest BCUT2D eigenvalue weighted by molar-refractivity contribution is 5.36. The van der Waals surface area contributed by atoms with Gasteiger partial charge in [-0.2, -0.15) is 0 Å². The molecule has 2 aromatic rings. The van der Waals surface area contributed by atoms with Crippen molar-refractivity contribution in [1.29, 1.82) is 0 Å². The number of nitrogens with one attached hydrogen (secondary N) is 1. The first kappa shape index (κ1) is 11.1. The van der Waals surface area contributed by atoms with Crippen LogP contribution in [0.5, 0.6) is 0 Å². The lowest BCUT2D eigenvalue weighted by Crippen LogP contribution is -2.37. The zero-order chi connectivity index (χ0) is 11.6. The highest BCUT2D eigenvalue weighted by Crippen LogP contribution is 2.04. The summed E-state index contributed by atoms with van der Waals surface area (Å²) in [6.07, 6.45) is 2.89. The lowest BCUT2D eigenvalue weighted by molar-refractivity contribution is 0.427. The van der Waals surface area contributed by atoms with E-state index in [2.05, 4.69) is 36.3 Å². The first-order chi connectivity index (χ1) is 7.56. The summed E-state index contributed by atoms with van der Waals surface area (Å²) >= 11 is 0. The highest BCUT2D eigenvalue weighted by atomic mass is 15.2. The van der Waals surface area contributed by atoms with E-state index in [9.17, 15) is 0 Å². The molecular weight excluding hydrogens is 200 g/mol. The fourth-order valence-electron chi connectivity index (χ4n) is 1.61. The van der Waals surface area contributed by atoms with Crippen LogP contribution in [0, 0.1) is 0 Å². The monoisotopic (exact) mass is 218 g/mol. The van der Waals surface area contributed by atoms with Crippen molar-refractivity contribution in [1.82, 2.24) is 19.9 Å². The van der Waals surface area contributed by atoms with Gasteiger partial charge in [-0.1, -0.05) is 6.07 Å². The molecule has 86 valence electrons. The second-order valence-corrected chi connectivity index (χ2v) is 4.97. The Labute approximate surface area is 95.7 Å². The minimum absolute atomic E-state index is 0.153. The van der Waals surface area contributed by atoms with Crippen molar-refractivity contribution >= 4 is 5.65 Å². The van der Waals surface area contributed by atoms with Gasteiger partial charge in [0.15, 0.2) is 5.65 Å². The smallest absolute Gasteiger partial charge is 0.160 e. The molecule has 16 heavy (non-hydrogen) atoms. The molecule has 0 aliphatic carbocycles. The second kappa shape index (κ2) is 4.22. The topological polar surface area (TPSA) is 42.2 Å². The molecule has 0 unspecified atom stereocenters. The molecule has 4 heteroatoms. The molecule has 0 spiro atoms. The first-order valence-corrected chi connectivity index (χ1v) is 5.60. The molecule has 0 atom stereocenters. The van der Waals surface area contributed by atoms with E-state index in [-0.39, 0.29) is 5.54 Å². The Morgan fingerprint density at radius 3 is 2.81 bits per heavy atom. The third-order valence-corrected chi connectivity index (χ3v) is 2.39. The van der Waals surface area contributed by atoms with Gasteiger partial charge in [0.2, 0.25) is 0 Å². The van der Waals surface area contributed by atoms with Gasteiger partial charge >= 0.3 is 0 Å². The summed E-state index contributed by atoms with van der Waals surface area (Å²) in [6, 6.07) is 5.94. The van der Waals surface area contributed by atoms with E-state index >= 15 is 0 Å². The van der Waals surface area contributed by atoms with Gasteiger partial charge in [0.05, 0.1) is 0 Å². The van der Waals surface area contributed by atoms with Gasteiger partial charge in [-0.05, 0) is 32.9 Å². The maximum Gasteiger partial charge on any atom is 0.160 e.